The summed E-state index contributed by atoms with van der Waals surface area (Å²) in [4.78, 5) is 17.0. The van der Waals surface area contributed by atoms with Crippen LogP contribution in [0.15, 0.2) is 70.5 Å². The number of amides is 1. The number of aryl methyl sites for hydroxylation is 1. The molecular weight excluding hydrogens is 391 g/mol. The Kier molecular flexibility index (Phi) is 5.39. The maximum atomic E-state index is 12.9. The van der Waals surface area contributed by atoms with Gasteiger partial charge in [-0.05, 0) is 55.5 Å². The number of rotatable bonds is 6. The van der Waals surface area contributed by atoms with E-state index in [9.17, 15) is 9.18 Å². The highest BCUT2D eigenvalue weighted by Gasteiger charge is 2.13. The van der Waals surface area contributed by atoms with E-state index >= 15 is 0 Å². The molecule has 2 heterocycles. The Hall–Kier alpha value is -3.45. The summed E-state index contributed by atoms with van der Waals surface area (Å²) in [5.74, 6) is 0.500. The highest BCUT2D eigenvalue weighted by molar-refractivity contribution is 7.09. The van der Waals surface area contributed by atoms with Crippen LogP contribution in [0.1, 0.15) is 21.3 Å². The van der Waals surface area contributed by atoms with Crippen LogP contribution in [0.25, 0.3) is 11.3 Å². The number of carbonyl (C=O) groups is 1. The van der Waals surface area contributed by atoms with Gasteiger partial charge in [0.1, 0.15) is 23.9 Å². The zero-order valence-corrected chi connectivity index (χ0v) is 16.3. The summed E-state index contributed by atoms with van der Waals surface area (Å²) in [5, 5.41) is 5.80. The van der Waals surface area contributed by atoms with E-state index in [1.165, 1.54) is 24.3 Å². The molecule has 5 nitrogen and oxygen atoms in total. The van der Waals surface area contributed by atoms with Gasteiger partial charge in [-0.15, -0.1) is 11.3 Å². The van der Waals surface area contributed by atoms with E-state index in [-0.39, 0.29) is 24.1 Å². The second-order valence-electron chi connectivity index (χ2n) is 6.30. The number of nitrogens with one attached hydrogen (secondary N) is 1. The molecule has 0 aliphatic heterocycles. The fourth-order valence-electron chi connectivity index (χ4n) is 2.71. The highest BCUT2D eigenvalue weighted by atomic mass is 32.1. The number of hydrogen-bond acceptors (Lipinski definition) is 5. The number of benzene rings is 2. The molecule has 146 valence electrons. The second kappa shape index (κ2) is 8.28. The van der Waals surface area contributed by atoms with Crippen molar-refractivity contribution in [1.29, 1.82) is 0 Å². The van der Waals surface area contributed by atoms with Crippen molar-refractivity contribution in [3.63, 3.8) is 0 Å². The molecule has 0 unspecified atom stereocenters. The number of hydrogen-bond donors (Lipinski definition) is 1. The Morgan fingerprint density at radius 3 is 2.76 bits per heavy atom. The van der Waals surface area contributed by atoms with Gasteiger partial charge >= 0.3 is 0 Å². The summed E-state index contributed by atoms with van der Waals surface area (Å²) in [7, 11) is 0. The predicted molar refractivity (Wildman–Crippen MR) is 110 cm³/mol. The summed E-state index contributed by atoms with van der Waals surface area (Å²) in [6.45, 7) is 2.09. The molecule has 4 rings (SSSR count). The smallest absolute Gasteiger partial charge is 0.291 e. The molecule has 1 amide bonds. The normalized spacial score (nSPS) is 10.7. The Morgan fingerprint density at radius 1 is 1.17 bits per heavy atom. The Balaban J connectivity index is 1.39. The van der Waals surface area contributed by atoms with Gasteiger partial charge in [0.25, 0.3) is 5.91 Å². The highest BCUT2D eigenvalue weighted by Crippen LogP contribution is 2.24. The molecule has 0 aliphatic carbocycles. The average molecular weight is 408 g/mol. The lowest BCUT2D eigenvalue weighted by Crippen LogP contribution is -2.10. The molecule has 2 aromatic carbocycles. The van der Waals surface area contributed by atoms with E-state index in [2.05, 4.69) is 10.3 Å². The van der Waals surface area contributed by atoms with Crippen LogP contribution in [0.2, 0.25) is 0 Å². The lowest BCUT2D eigenvalue weighted by atomic mass is 10.1. The molecule has 4 aromatic rings. The molecule has 0 saturated heterocycles. The molecular formula is C22H17FN2O3S. The molecule has 1 N–H and O–H groups in total. The van der Waals surface area contributed by atoms with Crippen molar-refractivity contribution in [1.82, 2.24) is 4.98 Å². The lowest BCUT2D eigenvalue weighted by molar-refractivity contribution is 0.0992. The van der Waals surface area contributed by atoms with Crippen LogP contribution in [0.3, 0.4) is 0 Å². The number of aromatic nitrogens is 1. The summed E-state index contributed by atoms with van der Waals surface area (Å²) < 4.78 is 24.0. The number of halogens is 1. The fourth-order valence-corrected chi connectivity index (χ4v) is 3.33. The van der Waals surface area contributed by atoms with E-state index in [1.54, 1.807) is 23.5 Å². The van der Waals surface area contributed by atoms with E-state index in [1.807, 2.05) is 36.6 Å². The number of carbonyl (C=O) groups excluding carboxylic acids is 1. The minimum Gasteiger partial charge on any atom is -0.486 e. The third-order valence-corrected chi connectivity index (χ3v) is 4.89. The SMILES string of the molecule is Cc1nc(-c2cccc(NC(=O)c3ccc(COc4ccc(F)cc4)o3)c2)cs1. The van der Waals surface area contributed by atoms with Crippen molar-refractivity contribution in [2.75, 3.05) is 5.32 Å². The number of ether oxygens (including phenoxy) is 1. The first-order valence-electron chi connectivity index (χ1n) is 8.88. The van der Waals surface area contributed by atoms with Crippen molar-refractivity contribution in [3.8, 4) is 17.0 Å². The van der Waals surface area contributed by atoms with Crippen molar-refractivity contribution < 1.29 is 18.3 Å². The number of anilines is 1. The Labute approximate surface area is 170 Å². The van der Waals surface area contributed by atoms with Gasteiger partial charge in [-0.1, -0.05) is 12.1 Å². The van der Waals surface area contributed by atoms with Crippen molar-refractivity contribution >= 4 is 22.9 Å². The molecule has 0 radical (unpaired) electrons. The molecule has 0 atom stereocenters. The summed E-state index contributed by atoms with van der Waals surface area (Å²) >= 11 is 1.58. The number of furan rings is 1. The summed E-state index contributed by atoms with van der Waals surface area (Å²) in [5.41, 5.74) is 2.46. The van der Waals surface area contributed by atoms with Crippen LogP contribution in [-0.4, -0.2) is 10.9 Å². The fraction of sp³-hybridized carbons (Fsp3) is 0.0909. The van der Waals surface area contributed by atoms with Gasteiger partial charge in [0.05, 0.1) is 10.7 Å². The van der Waals surface area contributed by atoms with Crippen LogP contribution < -0.4 is 10.1 Å². The molecule has 0 spiro atoms. The van der Waals surface area contributed by atoms with Crippen molar-refractivity contribution in [2.45, 2.75) is 13.5 Å². The molecule has 0 aliphatic rings. The molecule has 0 saturated carbocycles. The van der Waals surface area contributed by atoms with E-state index in [0.717, 1.165) is 16.3 Å². The van der Waals surface area contributed by atoms with E-state index in [0.29, 0.717) is 17.2 Å². The monoisotopic (exact) mass is 408 g/mol. The van der Waals surface area contributed by atoms with Gasteiger partial charge < -0.3 is 14.5 Å². The minimum absolute atomic E-state index is 0.136. The third kappa shape index (κ3) is 4.70. The maximum absolute atomic E-state index is 12.9. The van der Waals surface area contributed by atoms with Crippen LogP contribution >= 0.6 is 11.3 Å². The summed E-state index contributed by atoms with van der Waals surface area (Å²) in [6, 6.07) is 16.4. The molecule has 0 fully saturated rings. The van der Waals surface area contributed by atoms with Crippen LogP contribution in [0.5, 0.6) is 5.75 Å². The first-order valence-corrected chi connectivity index (χ1v) is 9.76. The van der Waals surface area contributed by atoms with Crippen LogP contribution in [-0.2, 0) is 6.61 Å². The van der Waals surface area contributed by atoms with Gasteiger partial charge in [-0.3, -0.25) is 4.79 Å². The second-order valence-corrected chi connectivity index (χ2v) is 7.36. The van der Waals surface area contributed by atoms with Gasteiger partial charge in [0, 0.05) is 16.6 Å². The molecule has 0 bridgehead atoms. The van der Waals surface area contributed by atoms with Crippen molar-refractivity contribution in [3.05, 3.63) is 88.4 Å². The van der Waals surface area contributed by atoms with Gasteiger partial charge in [0.15, 0.2) is 5.76 Å². The predicted octanol–water partition coefficient (Wildman–Crippen LogP) is 5.68. The van der Waals surface area contributed by atoms with Gasteiger partial charge in [-0.25, -0.2) is 9.37 Å². The quantitative estimate of drug-likeness (QED) is 0.446. The molecule has 29 heavy (non-hydrogen) atoms. The van der Waals surface area contributed by atoms with Crippen molar-refractivity contribution in [2.24, 2.45) is 0 Å². The Bertz CT molecular complexity index is 1130. The zero-order chi connectivity index (χ0) is 20.2. The third-order valence-electron chi connectivity index (χ3n) is 4.12. The number of thiazole rings is 1. The molecule has 7 heteroatoms. The number of nitrogens with zero attached hydrogens (tertiary/aromatic N) is 1. The topological polar surface area (TPSA) is 64.4 Å². The standard InChI is InChI=1S/C22H17FN2O3S/c1-14-24-20(13-29-14)15-3-2-4-17(11-15)25-22(26)21-10-9-19(28-21)12-27-18-7-5-16(23)6-8-18/h2-11,13H,12H2,1H3,(H,25,26). The largest absolute Gasteiger partial charge is 0.486 e. The van der Waals surface area contributed by atoms with Gasteiger partial charge in [0.2, 0.25) is 0 Å². The average Bonchev–Trinajstić information content (AvgIpc) is 3.37. The van der Waals surface area contributed by atoms with Gasteiger partial charge in [-0.2, -0.15) is 0 Å². The van der Waals surface area contributed by atoms with E-state index in [4.69, 9.17) is 9.15 Å². The van der Waals surface area contributed by atoms with Crippen LogP contribution in [0.4, 0.5) is 10.1 Å². The summed E-state index contributed by atoms with van der Waals surface area (Å²) in [6.07, 6.45) is 0. The van der Waals surface area contributed by atoms with E-state index < -0.39 is 0 Å². The Morgan fingerprint density at radius 2 is 2.00 bits per heavy atom. The molecule has 2 aromatic heterocycles. The van der Waals surface area contributed by atoms with Crippen LogP contribution in [0, 0.1) is 12.7 Å². The maximum Gasteiger partial charge on any atom is 0.291 e. The zero-order valence-electron chi connectivity index (χ0n) is 15.5. The lowest BCUT2D eigenvalue weighted by Gasteiger charge is -2.06. The first kappa shape index (κ1) is 18.9. The minimum atomic E-state index is -0.357. The first-order chi connectivity index (χ1) is 14.1.